The molecule has 18 rings (SSSR count). The molecule has 0 unspecified atom stereocenters. The van der Waals surface area contributed by atoms with E-state index in [1.54, 1.807) is 0 Å². The molecule has 0 aliphatic carbocycles. The minimum Gasteiger partial charge on any atom is -0.0622 e. The lowest BCUT2D eigenvalue weighted by atomic mass is 9.37. The normalized spacial score (nSPS) is 12.6. The largest absolute Gasteiger partial charge is 0.243 e. The van der Waals surface area contributed by atoms with Gasteiger partial charge in [-0.25, -0.2) is 0 Å². The summed E-state index contributed by atoms with van der Waals surface area (Å²) in [7, 11) is 0. The van der Waals surface area contributed by atoms with Crippen LogP contribution in [0.3, 0.4) is 0 Å². The van der Waals surface area contributed by atoms with Crippen LogP contribution in [0.5, 0.6) is 0 Å². The molecule has 0 spiro atoms. The summed E-state index contributed by atoms with van der Waals surface area (Å²) in [5, 5.41) is 17.9. The van der Waals surface area contributed by atoms with E-state index in [1.165, 1.54) is 175 Å². The van der Waals surface area contributed by atoms with Crippen molar-refractivity contribution in [2.24, 2.45) is 0 Å². The molecule has 16 aromatic carbocycles. The van der Waals surface area contributed by atoms with E-state index in [1.807, 2.05) is 0 Å². The van der Waals surface area contributed by atoms with Crippen LogP contribution in [0.4, 0.5) is 0 Å². The number of benzene rings is 16. The fourth-order valence-electron chi connectivity index (χ4n) is 15.1. The second-order valence-electron chi connectivity index (χ2n) is 22.9. The van der Waals surface area contributed by atoms with Crippen LogP contribution in [0.15, 0.2) is 291 Å². The van der Waals surface area contributed by atoms with Gasteiger partial charge in [-0.2, -0.15) is 0 Å². The van der Waals surface area contributed by atoms with Crippen LogP contribution >= 0.6 is 0 Å². The summed E-state index contributed by atoms with van der Waals surface area (Å²) in [5.41, 5.74) is 23.2. The standard InChI is InChI=1S/C80H48B2/c1-3-19-49(20-4-1)59-31-15-17-33-61(59)67-47-77(81-73-43-55-27-11-7-23-51(55)39-69(73)70-40-52-24-8-12-28-56(52)44-74(70)81)65-38-36-64-68(62-34-18-16-32-60(62)50-21-5-2-6-22-50)48-78(66-37-35-63(67)79(65)80(64)66)82-75-45-57-29-13-9-25-53(57)41-71(75)72-42-54-26-10-14-30-58(54)46-76(72)82/h1-48H. The summed E-state index contributed by atoms with van der Waals surface area (Å²) in [5.74, 6) is 0. The Morgan fingerprint density at radius 1 is 0.159 bits per heavy atom. The van der Waals surface area contributed by atoms with Gasteiger partial charge in [0.25, 0.3) is 0 Å². The van der Waals surface area contributed by atoms with Crippen molar-refractivity contribution in [3.05, 3.63) is 291 Å². The smallest absolute Gasteiger partial charge is 0.0622 e. The third-order valence-corrected chi connectivity index (χ3v) is 18.7. The summed E-state index contributed by atoms with van der Waals surface area (Å²) in [6.07, 6.45) is 0. The summed E-state index contributed by atoms with van der Waals surface area (Å²) in [6, 6.07) is 111. The minimum absolute atomic E-state index is 0.0423. The molecule has 0 radical (unpaired) electrons. The third kappa shape index (κ3) is 6.70. The molecule has 2 heteroatoms. The fourth-order valence-corrected chi connectivity index (χ4v) is 15.1. The lowest BCUT2D eigenvalue weighted by Crippen LogP contribution is -2.49. The molecular formula is C80H48B2. The van der Waals surface area contributed by atoms with Gasteiger partial charge in [0.15, 0.2) is 0 Å². The fraction of sp³-hybridized carbons (Fsp3) is 0. The highest BCUT2D eigenvalue weighted by Crippen LogP contribution is 2.46. The van der Waals surface area contributed by atoms with Crippen molar-refractivity contribution in [2.45, 2.75) is 0 Å². The van der Waals surface area contributed by atoms with Gasteiger partial charge in [0.2, 0.25) is 13.4 Å². The van der Waals surface area contributed by atoms with Crippen LogP contribution in [0.1, 0.15) is 0 Å². The van der Waals surface area contributed by atoms with Gasteiger partial charge >= 0.3 is 0 Å². The molecule has 0 nitrogen and oxygen atoms in total. The molecule has 0 saturated heterocycles. The maximum Gasteiger partial charge on any atom is 0.243 e. The molecule has 0 amide bonds. The molecule has 2 aliphatic heterocycles. The average Bonchev–Trinajstić information content (AvgIpc) is 2.43. The lowest BCUT2D eigenvalue weighted by molar-refractivity contribution is 1.60. The highest BCUT2D eigenvalue weighted by molar-refractivity contribution is 7.01. The zero-order valence-electron chi connectivity index (χ0n) is 44.9. The van der Waals surface area contributed by atoms with E-state index in [9.17, 15) is 0 Å². The Labute approximate surface area is 476 Å². The predicted octanol–water partition coefficient (Wildman–Crippen LogP) is 16.9. The molecule has 0 atom stereocenters. The molecule has 0 saturated carbocycles. The van der Waals surface area contributed by atoms with Crippen molar-refractivity contribution in [3.8, 4) is 66.8 Å². The molecule has 82 heavy (non-hydrogen) atoms. The first-order chi connectivity index (χ1) is 40.7. The Kier molecular flexibility index (Phi) is 9.79. The zero-order chi connectivity index (χ0) is 53.6. The maximum absolute atomic E-state index is 2.60. The topological polar surface area (TPSA) is 0 Å². The first-order valence-corrected chi connectivity index (χ1v) is 28.9. The molecule has 0 aromatic heterocycles. The molecule has 2 aliphatic rings. The molecule has 2 heterocycles. The van der Waals surface area contributed by atoms with E-state index in [-0.39, 0.29) is 13.4 Å². The second-order valence-corrected chi connectivity index (χ2v) is 22.9. The predicted molar refractivity (Wildman–Crippen MR) is 355 cm³/mol. The SMILES string of the molecule is c1ccc(-c2ccccc2-c2cc(B3c4cc5ccccc5cc4-c4cc5ccccc5cc43)c3ccc4c(-c5ccccc5-c5ccccc5)cc(B5c6cc7ccccc7cc6-c6cc7ccccc7cc65)c5ccc2c3c54)cc1. The van der Waals surface area contributed by atoms with Crippen LogP contribution in [0, 0.1) is 0 Å². The third-order valence-electron chi connectivity index (χ3n) is 18.7. The van der Waals surface area contributed by atoms with Gasteiger partial charge in [0.1, 0.15) is 0 Å². The van der Waals surface area contributed by atoms with E-state index in [2.05, 4.69) is 291 Å². The van der Waals surface area contributed by atoms with Crippen molar-refractivity contribution < 1.29 is 0 Å². The zero-order valence-corrected chi connectivity index (χ0v) is 44.9. The van der Waals surface area contributed by atoms with Crippen LogP contribution in [0.2, 0.25) is 0 Å². The summed E-state index contributed by atoms with van der Waals surface area (Å²) < 4.78 is 0. The Balaban J connectivity index is 1.02. The molecule has 16 aromatic rings. The summed E-state index contributed by atoms with van der Waals surface area (Å²) in [4.78, 5) is 0. The van der Waals surface area contributed by atoms with E-state index in [0.717, 1.165) is 0 Å². The highest BCUT2D eigenvalue weighted by Gasteiger charge is 2.39. The summed E-state index contributed by atoms with van der Waals surface area (Å²) >= 11 is 0. The first kappa shape index (κ1) is 45.6. The molecule has 0 N–H and O–H groups in total. The van der Waals surface area contributed by atoms with Gasteiger partial charge in [0.05, 0.1) is 0 Å². The van der Waals surface area contributed by atoms with Crippen molar-refractivity contribution in [2.75, 3.05) is 0 Å². The van der Waals surface area contributed by atoms with Gasteiger partial charge in [0, 0.05) is 0 Å². The maximum atomic E-state index is 2.60. The van der Waals surface area contributed by atoms with Gasteiger partial charge < -0.3 is 0 Å². The Morgan fingerprint density at radius 2 is 0.415 bits per heavy atom. The Hall–Kier alpha value is -10.3. The minimum atomic E-state index is -0.0423. The monoisotopic (exact) mass is 1030 g/mol. The number of rotatable bonds is 6. The van der Waals surface area contributed by atoms with E-state index in [4.69, 9.17) is 0 Å². The molecule has 374 valence electrons. The average molecular weight is 1030 g/mol. The number of hydrogen-bond acceptors (Lipinski definition) is 0. The van der Waals surface area contributed by atoms with Crippen LogP contribution in [0.25, 0.3) is 142 Å². The van der Waals surface area contributed by atoms with E-state index < -0.39 is 0 Å². The first-order valence-electron chi connectivity index (χ1n) is 28.9. The van der Waals surface area contributed by atoms with Crippen LogP contribution < -0.4 is 32.8 Å². The van der Waals surface area contributed by atoms with Gasteiger partial charge in [-0.15, -0.1) is 0 Å². The van der Waals surface area contributed by atoms with Crippen LogP contribution in [-0.4, -0.2) is 13.4 Å². The molecular weight excluding hydrogens is 983 g/mol. The van der Waals surface area contributed by atoms with Crippen molar-refractivity contribution in [3.63, 3.8) is 0 Å². The summed E-state index contributed by atoms with van der Waals surface area (Å²) in [6.45, 7) is -0.0846. The van der Waals surface area contributed by atoms with Crippen LogP contribution in [-0.2, 0) is 0 Å². The van der Waals surface area contributed by atoms with Crippen molar-refractivity contribution in [1.29, 1.82) is 0 Å². The van der Waals surface area contributed by atoms with Gasteiger partial charge in [-0.3, -0.25) is 0 Å². The Bertz CT molecular complexity index is 4840. The molecule has 0 bridgehead atoms. The van der Waals surface area contributed by atoms with E-state index in [0.29, 0.717) is 0 Å². The lowest BCUT2D eigenvalue weighted by Gasteiger charge is -2.25. The van der Waals surface area contributed by atoms with Gasteiger partial charge in [-0.05, 0) is 166 Å². The highest BCUT2D eigenvalue weighted by atomic mass is 14.3. The number of fused-ring (bicyclic) bond motifs is 10. The Morgan fingerprint density at radius 3 is 0.732 bits per heavy atom. The number of hydrogen-bond donors (Lipinski definition) is 0. The molecule has 0 fully saturated rings. The van der Waals surface area contributed by atoms with Gasteiger partial charge in [-0.1, -0.05) is 300 Å². The van der Waals surface area contributed by atoms with Crippen molar-refractivity contribution in [1.82, 2.24) is 0 Å². The van der Waals surface area contributed by atoms with E-state index >= 15 is 0 Å². The second kappa shape index (κ2) is 17.6. The van der Waals surface area contributed by atoms with Crippen molar-refractivity contribution >= 4 is 122 Å². The quantitative estimate of drug-likeness (QED) is 0.115.